The third-order valence-corrected chi connectivity index (χ3v) is 3.46. The van der Waals surface area contributed by atoms with E-state index in [1.54, 1.807) is 13.2 Å². The first-order valence-corrected chi connectivity index (χ1v) is 7.35. The molecule has 2 rings (SSSR count). The van der Waals surface area contributed by atoms with Gasteiger partial charge in [0.05, 0.1) is 19.8 Å². The normalized spacial score (nSPS) is 19.6. The molecule has 0 bridgehead atoms. The molecule has 0 amide bonds. The summed E-state index contributed by atoms with van der Waals surface area (Å²) in [6.07, 6.45) is 4.37. The van der Waals surface area contributed by atoms with Gasteiger partial charge >= 0.3 is 0 Å². The highest BCUT2D eigenvalue weighted by Crippen LogP contribution is 2.21. The van der Waals surface area contributed by atoms with E-state index in [1.807, 2.05) is 6.26 Å². The Bertz CT molecular complexity index is 361. The number of nitrogens with zero attached hydrogens (tertiary/aromatic N) is 2. The second-order valence-corrected chi connectivity index (χ2v) is 5.03. The molecule has 1 aromatic heterocycles. The SMILES string of the molecule is COc1cc(OC[C@H]2CCCNC2)nc(SC)n1. The van der Waals surface area contributed by atoms with Gasteiger partial charge in [-0.2, -0.15) is 9.97 Å². The second kappa shape index (κ2) is 6.80. The van der Waals surface area contributed by atoms with Crippen LogP contribution in [0, 0.1) is 5.92 Å². The molecule has 0 aliphatic carbocycles. The lowest BCUT2D eigenvalue weighted by atomic mass is 10.0. The third kappa shape index (κ3) is 3.74. The van der Waals surface area contributed by atoms with Crippen LogP contribution in [0.4, 0.5) is 0 Å². The highest BCUT2D eigenvalue weighted by Gasteiger charge is 2.14. The predicted octanol–water partition coefficient (Wildman–Crippen LogP) is 1.59. The third-order valence-electron chi connectivity index (χ3n) is 2.92. The summed E-state index contributed by atoms with van der Waals surface area (Å²) in [5.74, 6) is 1.71. The van der Waals surface area contributed by atoms with Crippen LogP contribution in [0.15, 0.2) is 11.2 Å². The zero-order valence-electron chi connectivity index (χ0n) is 10.8. The van der Waals surface area contributed by atoms with E-state index in [0.717, 1.165) is 13.1 Å². The lowest BCUT2D eigenvalue weighted by Crippen LogP contribution is -2.33. The molecule has 0 spiro atoms. The number of nitrogens with one attached hydrogen (secondary N) is 1. The van der Waals surface area contributed by atoms with Gasteiger partial charge in [0.15, 0.2) is 5.16 Å². The zero-order chi connectivity index (χ0) is 12.8. The van der Waals surface area contributed by atoms with E-state index in [-0.39, 0.29) is 0 Å². The van der Waals surface area contributed by atoms with Gasteiger partial charge in [0.2, 0.25) is 11.8 Å². The fraction of sp³-hybridized carbons (Fsp3) is 0.667. The van der Waals surface area contributed by atoms with E-state index in [9.17, 15) is 0 Å². The van der Waals surface area contributed by atoms with Crippen molar-refractivity contribution in [3.8, 4) is 11.8 Å². The second-order valence-electron chi connectivity index (χ2n) is 4.26. The molecule has 18 heavy (non-hydrogen) atoms. The highest BCUT2D eigenvalue weighted by molar-refractivity contribution is 7.98. The molecule has 0 saturated carbocycles. The number of piperidine rings is 1. The van der Waals surface area contributed by atoms with E-state index in [0.29, 0.717) is 29.4 Å². The Kier molecular flexibility index (Phi) is 5.07. The molecule has 2 heterocycles. The number of thioether (sulfide) groups is 1. The first kappa shape index (κ1) is 13.4. The van der Waals surface area contributed by atoms with Crippen molar-refractivity contribution in [1.29, 1.82) is 0 Å². The van der Waals surface area contributed by atoms with Crippen molar-refractivity contribution >= 4 is 11.8 Å². The molecule has 1 N–H and O–H groups in total. The van der Waals surface area contributed by atoms with Gasteiger partial charge < -0.3 is 14.8 Å². The summed E-state index contributed by atoms with van der Waals surface area (Å²) in [7, 11) is 1.60. The maximum absolute atomic E-state index is 5.75. The van der Waals surface area contributed by atoms with Gasteiger partial charge in [-0.1, -0.05) is 11.8 Å². The summed E-state index contributed by atoms with van der Waals surface area (Å²) in [6, 6.07) is 1.73. The predicted molar refractivity (Wildman–Crippen MR) is 71.5 cm³/mol. The van der Waals surface area contributed by atoms with Crippen molar-refractivity contribution in [2.24, 2.45) is 5.92 Å². The summed E-state index contributed by atoms with van der Waals surface area (Å²) in [6.45, 7) is 2.84. The standard InChI is InChI=1S/C12H19N3O2S/c1-16-10-6-11(15-12(14-10)18-2)17-8-9-4-3-5-13-7-9/h6,9,13H,3-5,7-8H2,1-2H3/t9-/m0/s1. The summed E-state index contributed by atoms with van der Waals surface area (Å²) in [4.78, 5) is 8.52. The maximum Gasteiger partial charge on any atom is 0.221 e. The molecule has 1 aliphatic rings. The molecule has 0 aromatic carbocycles. The van der Waals surface area contributed by atoms with Crippen molar-refractivity contribution in [2.45, 2.75) is 18.0 Å². The molecule has 0 unspecified atom stereocenters. The minimum absolute atomic E-state index is 0.547. The Balaban J connectivity index is 1.94. The van der Waals surface area contributed by atoms with Crippen LogP contribution >= 0.6 is 11.8 Å². The Hall–Kier alpha value is -1.01. The van der Waals surface area contributed by atoms with Crippen LogP contribution in [-0.2, 0) is 0 Å². The monoisotopic (exact) mass is 269 g/mol. The first-order chi connectivity index (χ1) is 8.81. The van der Waals surface area contributed by atoms with E-state index in [2.05, 4.69) is 15.3 Å². The molecule has 5 nitrogen and oxygen atoms in total. The van der Waals surface area contributed by atoms with Gasteiger partial charge in [-0.05, 0) is 25.6 Å². The van der Waals surface area contributed by atoms with Crippen LogP contribution in [0.25, 0.3) is 0 Å². The molecule has 1 fully saturated rings. The van der Waals surface area contributed by atoms with Gasteiger partial charge in [-0.15, -0.1) is 0 Å². The summed E-state index contributed by atoms with van der Waals surface area (Å²) >= 11 is 1.48. The largest absolute Gasteiger partial charge is 0.481 e. The number of aromatic nitrogens is 2. The van der Waals surface area contributed by atoms with Crippen molar-refractivity contribution in [3.05, 3.63) is 6.07 Å². The van der Waals surface area contributed by atoms with Crippen LogP contribution in [0.3, 0.4) is 0 Å². The Labute approximate surface area is 112 Å². The van der Waals surface area contributed by atoms with Gasteiger partial charge in [-0.3, -0.25) is 0 Å². The smallest absolute Gasteiger partial charge is 0.221 e. The number of hydrogen-bond donors (Lipinski definition) is 1. The molecule has 0 radical (unpaired) electrons. The van der Waals surface area contributed by atoms with Crippen LogP contribution in [0.5, 0.6) is 11.8 Å². The minimum atomic E-state index is 0.547. The summed E-state index contributed by atoms with van der Waals surface area (Å²) in [5.41, 5.74) is 0. The molecular weight excluding hydrogens is 250 g/mol. The van der Waals surface area contributed by atoms with Crippen LogP contribution in [-0.4, -0.2) is 43.0 Å². The van der Waals surface area contributed by atoms with Gasteiger partial charge in [0.25, 0.3) is 0 Å². The molecule has 1 aromatic rings. The number of methoxy groups -OCH3 is 1. The Morgan fingerprint density at radius 2 is 2.28 bits per heavy atom. The van der Waals surface area contributed by atoms with Crippen molar-refractivity contribution in [2.75, 3.05) is 33.1 Å². The fourth-order valence-corrected chi connectivity index (χ4v) is 2.29. The topological polar surface area (TPSA) is 56.3 Å². The minimum Gasteiger partial charge on any atom is -0.481 e. The number of hydrogen-bond acceptors (Lipinski definition) is 6. The van der Waals surface area contributed by atoms with Gasteiger partial charge in [0.1, 0.15) is 0 Å². The number of rotatable bonds is 5. The lowest BCUT2D eigenvalue weighted by Gasteiger charge is -2.22. The summed E-state index contributed by atoms with van der Waals surface area (Å²) < 4.78 is 10.9. The average molecular weight is 269 g/mol. The fourth-order valence-electron chi connectivity index (χ4n) is 1.92. The Morgan fingerprint density at radius 3 is 2.94 bits per heavy atom. The zero-order valence-corrected chi connectivity index (χ0v) is 11.6. The molecule has 1 saturated heterocycles. The van der Waals surface area contributed by atoms with Crippen molar-refractivity contribution in [1.82, 2.24) is 15.3 Å². The van der Waals surface area contributed by atoms with Crippen LogP contribution in [0.1, 0.15) is 12.8 Å². The lowest BCUT2D eigenvalue weighted by molar-refractivity contribution is 0.209. The number of ether oxygens (including phenoxy) is 2. The molecule has 6 heteroatoms. The van der Waals surface area contributed by atoms with E-state index < -0.39 is 0 Å². The molecule has 100 valence electrons. The van der Waals surface area contributed by atoms with E-state index in [1.165, 1.54) is 24.6 Å². The van der Waals surface area contributed by atoms with E-state index in [4.69, 9.17) is 9.47 Å². The Morgan fingerprint density at radius 1 is 1.44 bits per heavy atom. The van der Waals surface area contributed by atoms with Gasteiger partial charge in [-0.25, -0.2) is 0 Å². The highest BCUT2D eigenvalue weighted by atomic mass is 32.2. The summed E-state index contributed by atoms with van der Waals surface area (Å²) in [5, 5.41) is 4.05. The molecule has 1 atom stereocenters. The first-order valence-electron chi connectivity index (χ1n) is 6.12. The van der Waals surface area contributed by atoms with Crippen LogP contribution in [0.2, 0.25) is 0 Å². The quantitative estimate of drug-likeness (QED) is 0.647. The van der Waals surface area contributed by atoms with Crippen molar-refractivity contribution in [3.63, 3.8) is 0 Å². The van der Waals surface area contributed by atoms with Crippen LogP contribution < -0.4 is 14.8 Å². The van der Waals surface area contributed by atoms with E-state index >= 15 is 0 Å². The maximum atomic E-state index is 5.75. The van der Waals surface area contributed by atoms with Gasteiger partial charge in [0, 0.05) is 12.5 Å². The molecular formula is C12H19N3O2S. The van der Waals surface area contributed by atoms with Crippen molar-refractivity contribution < 1.29 is 9.47 Å². The average Bonchev–Trinajstić information content (AvgIpc) is 2.45. The molecule has 1 aliphatic heterocycles.